The summed E-state index contributed by atoms with van der Waals surface area (Å²) < 4.78 is 0. The number of aromatic hydroxyl groups is 1. The fourth-order valence-corrected chi connectivity index (χ4v) is 3.47. The van der Waals surface area contributed by atoms with Crippen molar-refractivity contribution in [3.8, 4) is 5.75 Å². The zero-order chi connectivity index (χ0) is 15.5. The number of phenols is 1. The molecule has 118 valence electrons. The third-order valence-corrected chi connectivity index (χ3v) is 5.12. The van der Waals surface area contributed by atoms with Crippen LogP contribution in [0.4, 0.5) is 0 Å². The summed E-state index contributed by atoms with van der Waals surface area (Å²) in [7, 11) is 4.39. The first-order valence-corrected chi connectivity index (χ1v) is 8.15. The third-order valence-electron chi connectivity index (χ3n) is 5.12. The molecule has 0 aliphatic heterocycles. The van der Waals surface area contributed by atoms with E-state index in [0.29, 0.717) is 5.75 Å². The predicted octanol–water partition coefficient (Wildman–Crippen LogP) is 3.62. The highest BCUT2D eigenvalue weighted by atomic mass is 16.3. The molecule has 1 saturated carbocycles. The van der Waals surface area contributed by atoms with E-state index in [0.717, 1.165) is 12.1 Å². The first kappa shape index (κ1) is 16.3. The van der Waals surface area contributed by atoms with E-state index >= 15 is 0 Å². The molecule has 0 radical (unpaired) electrons. The van der Waals surface area contributed by atoms with Gasteiger partial charge in [0.05, 0.1) is 0 Å². The molecule has 1 fully saturated rings. The van der Waals surface area contributed by atoms with Crippen molar-refractivity contribution < 1.29 is 5.11 Å². The summed E-state index contributed by atoms with van der Waals surface area (Å²) in [5.41, 5.74) is 2.46. The van der Waals surface area contributed by atoms with Crippen molar-refractivity contribution in [3.05, 3.63) is 29.3 Å². The van der Waals surface area contributed by atoms with Crippen molar-refractivity contribution in [2.75, 3.05) is 20.6 Å². The van der Waals surface area contributed by atoms with Crippen molar-refractivity contribution in [2.24, 2.45) is 0 Å². The number of phenolic OH excluding ortho intramolecular Hbond substituents is 1. The summed E-state index contributed by atoms with van der Waals surface area (Å²) in [5.74, 6) is 0.392. The number of hydrogen-bond acceptors (Lipinski definition) is 3. The minimum Gasteiger partial charge on any atom is -0.508 e. The Balaban J connectivity index is 2.05. The SMILES string of the molecule is Cc1ccc(O)c(C(C)NCC2(N(C)C)CCCCC2)c1. The number of hydrogen-bond donors (Lipinski definition) is 2. The van der Waals surface area contributed by atoms with Crippen LogP contribution in [0.2, 0.25) is 0 Å². The minimum atomic E-state index is 0.170. The zero-order valence-electron chi connectivity index (χ0n) is 13.9. The Kier molecular flexibility index (Phi) is 5.28. The van der Waals surface area contributed by atoms with Crippen LogP contribution in [0.1, 0.15) is 56.2 Å². The molecule has 1 atom stereocenters. The van der Waals surface area contributed by atoms with Gasteiger partial charge in [-0.15, -0.1) is 0 Å². The maximum Gasteiger partial charge on any atom is 0.120 e. The van der Waals surface area contributed by atoms with Crippen LogP contribution in [0, 0.1) is 6.92 Å². The van der Waals surface area contributed by atoms with Gasteiger partial charge in [0.15, 0.2) is 0 Å². The molecule has 1 aromatic carbocycles. The molecule has 1 aliphatic rings. The minimum absolute atomic E-state index is 0.170. The Morgan fingerprint density at radius 1 is 1.24 bits per heavy atom. The van der Waals surface area contributed by atoms with Gasteiger partial charge in [-0.2, -0.15) is 0 Å². The summed E-state index contributed by atoms with van der Waals surface area (Å²) in [4.78, 5) is 2.39. The molecule has 3 heteroatoms. The first-order chi connectivity index (χ1) is 9.94. The number of nitrogens with one attached hydrogen (secondary N) is 1. The van der Waals surface area contributed by atoms with Crippen molar-refractivity contribution in [1.82, 2.24) is 10.2 Å². The fourth-order valence-electron chi connectivity index (χ4n) is 3.47. The van der Waals surface area contributed by atoms with Crippen LogP contribution >= 0.6 is 0 Å². The molecular formula is C18H30N2O. The van der Waals surface area contributed by atoms with Crippen LogP contribution in [0.3, 0.4) is 0 Å². The molecule has 0 heterocycles. The van der Waals surface area contributed by atoms with Gasteiger partial charge in [-0.05, 0) is 46.9 Å². The topological polar surface area (TPSA) is 35.5 Å². The van der Waals surface area contributed by atoms with E-state index in [4.69, 9.17) is 0 Å². The highest BCUT2D eigenvalue weighted by Crippen LogP contribution is 2.33. The Labute approximate surface area is 129 Å². The van der Waals surface area contributed by atoms with E-state index in [1.54, 1.807) is 6.07 Å². The van der Waals surface area contributed by atoms with Gasteiger partial charge >= 0.3 is 0 Å². The lowest BCUT2D eigenvalue weighted by Gasteiger charge is -2.44. The van der Waals surface area contributed by atoms with E-state index < -0.39 is 0 Å². The normalized spacial score (nSPS) is 19.7. The van der Waals surface area contributed by atoms with Gasteiger partial charge in [-0.1, -0.05) is 37.0 Å². The Morgan fingerprint density at radius 2 is 1.90 bits per heavy atom. The number of nitrogens with zero attached hydrogens (tertiary/aromatic N) is 1. The predicted molar refractivity (Wildman–Crippen MR) is 88.8 cm³/mol. The average Bonchev–Trinajstić information content (AvgIpc) is 2.48. The summed E-state index contributed by atoms with van der Waals surface area (Å²) >= 11 is 0. The quantitative estimate of drug-likeness (QED) is 0.869. The molecular weight excluding hydrogens is 260 g/mol. The third kappa shape index (κ3) is 3.78. The van der Waals surface area contributed by atoms with Gasteiger partial charge in [-0.25, -0.2) is 0 Å². The molecule has 21 heavy (non-hydrogen) atoms. The van der Waals surface area contributed by atoms with Gasteiger partial charge in [0.2, 0.25) is 0 Å². The molecule has 0 aromatic heterocycles. The summed E-state index contributed by atoms with van der Waals surface area (Å²) in [6.45, 7) is 5.19. The van der Waals surface area contributed by atoms with Gasteiger partial charge in [0.1, 0.15) is 5.75 Å². The molecule has 0 spiro atoms. The van der Waals surface area contributed by atoms with E-state index in [1.165, 1.54) is 37.7 Å². The second kappa shape index (κ2) is 6.80. The molecule has 2 rings (SSSR count). The molecule has 3 nitrogen and oxygen atoms in total. The second-order valence-corrected chi connectivity index (χ2v) is 6.84. The maximum atomic E-state index is 10.1. The Morgan fingerprint density at radius 3 is 2.52 bits per heavy atom. The smallest absolute Gasteiger partial charge is 0.120 e. The van der Waals surface area contributed by atoms with Gasteiger partial charge in [-0.3, -0.25) is 0 Å². The summed E-state index contributed by atoms with van der Waals surface area (Å²) in [6, 6.07) is 6.00. The molecule has 0 saturated heterocycles. The highest BCUT2D eigenvalue weighted by molar-refractivity contribution is 5.37. The molecule has 1 aliphatic carbocycles. The molecule has 0 amide bonds. The van der Waals surface area contributed by atoms with Crippen molar-refractivity contribution in [3.63, 3.8) is 0 Å². The van der Waals surface area contributed by atoms with Crippen molar-refractivity contribution in [1.29, 1.82) is 0 Å². The number of aryl methyl sites for hydroxylation is 1. The van der Waals surface area contributed by atoms with Crippen LogP contribution in [-0.2, 0) is 0 Å². The van der Waals surface area contributed by atoms with Crippen molar-refractivity contribution in [2.45, 2.75) is 57.5 Å². The van der Waals surface area contributed by atoms with E-state index in [2.05, 4.69) is 44.2 Å². The summed E-state index contributed by atoms with van der Waals surface area (Å²) in [6.07, 6.45) is 6.54. The monoisotopic (exact) mass is 290 g/mol. The van der Waals surface area contributed by atoms with Crippen molar-refractivity contribution >= 4 is 0 Å². The number of benzene rings is 1. The summed E-state index contributed by atoms with van der Waals surface area (Å²) in [5, 5.41) is 13.7. The molecule has 1 unspecified atom stereocenters. The van der Waals surface area contributed by atoms with Crippen LogP contribution < -0.4 is 5.32 Å². The highest BCUT2D eigenvalue weighted by Gasteiger charge is 2.34. The van der Waals surface area contributed by atoms with Crippen LogP contribution in [0.5, 0.6) is 5.75 Å². The first-order valence-electron chi connectivity index (χ1n) is 8.15. The number of likely N-dealkylation sites (N-methyl/N-ethyl adjacent to an activating group) is 1. The molecule has 0 bridgehead atoms. The Bertz CT molecular complexity index is 464. The molecule has 1 aromatic rings. The fraction of sp³-hybridized carbons (Fsp3) is 0.667. The van der Waals surface area contributed by atoms with Crippen LogP contribution in [0.25, 0.3) is 0 Å². The lowest BCUT2D eigenvalue weighted by Crippen LogP contribution is -2.53. The standard InChI is InChI=1S/C18H30N2O/c1-14-8-9-17(21)16(12-14)15(2)19-13-18(20(3)4)10-6-5-7-11-18/h8-9,12,15,19,21H,5-7,10-11,13H2,1-4H3. The lowest BCUT2D eigenvalue weighted by molar-refractivity contribution is 0.0957. The lowest BCUT2D eigenvalue weighted by atomic mass is 9.80. The number of rotatable bonds is 5. The average molecular weight is 290 g/mol. The molecule has 2 N–H and O–H groups in total. The van der Waals surface area contributed by atoms with E-state index in [9.17, 15) is 5.11 Å². The Hall–Kier alpha value is -1.06. The second-order valence-electron chi connectivity index (χ2n) is 6.84. The van der Waals surface area contributed by atoms with E-state index in [-0.39, 0.29) is 11.6 Å². The van der Waals surface area contributed by atoms with Gasteiger partial charge in [0.25, 0.3) is 0 Å². The maximum absolute atomic E-state index is 10.1. The van der Waals surface area contributed by atoms with E-state index in [1.807, 2.05) is 6.07 Å². The largest absolute Gasteiger partial charge is 0.508 e. The van der Waals surface area contributed by atoms with Crippen LogP contribution in [0.15, 0.2) is 18.2 Å². The van der Waals surface area contributed by atoms with Gasteiger partial charge in [0, 0.05) is 23.7 Å². The van der Waals surface area contributed by atoms with Gasteiger partial charge < -0.3 is 15.3 Å². The van der Waals surface area contributed by atoms with Crippen LogP contribution in [-0.4, -0.2) is 36.2 Å². The zero-order valence-corrected chi connectivity index (χ0v) is 13.9.